The predicted molar refractivity (Wildman–Crippen MR) is 115 cm³/mol. The molecule has 1 saturated heterocycles. The Morgan fingerprint density at radius 3 is 2.80 bits per heavy atom. The highest BCUT2D eigenvalue weighted by Crippen LogP contribution is 2.34. The number of piperazine rings is 1. The predicted octanol–water partition coefficient (Wildman–Crippen LogP) is 1.90. The number of carbonyl (C=O) groups is 2. The number of nitrogens with one attached hydrogen (secondary N) is 4. The molecule has 0 atom stereocenters. The highest BCUT2D eigenvalue weighted by molar-refractivity contribution is 6.34. The maximum atomic E-state index is 13.7. The number of aromatic nitrogens is 1. The minimum atomic E-state index is -0.403. The van der Waals surface area contributed by atoms with E-state index >= 15 is 0 Å². The highest BCUT2D eigenvalue weighted by atomic mass is 19.1. The molecule has 2 aliphatic rings. The smallest absolute Gasteiger partial charge is 0.256 e. The molecule has 0 aliphatic carbocycles. The van der Waals surface area contributed by atoms with Crippen molar-refractivity contribution in [3.05, 3.63) is 52.1 Å². The van der Waals surface area contributed by atoms with Gasteiger partial charge in [-0.25, -0.2) is 4.39 Å². The van der Waals surface area contributed by atoms with E-state index in [-0.39, 0.29) is 11.8 Å². The van der Waals surface area contributed by atoms with Crippen molar-refractivity contribution in [3.8, 4) is 0 Å². The Morgan fingerprint density at radius 1 is 1.27 bits per heavy atom. The summed E-state index contributed by atoms with van der Waals surface area (Å²) in [4.78, 5) is 30.7. The monoisotopic (exact) mass is 411 g/mol. The number of anilines is 1. The standard InChI is InChI=1S/C22H26FN5O2/c1-13-19(12-17-16-11-15(23)3-4-18(16)27-21(17)29)26-14(2)20(13)22(30)25-7-10-28-8-5-24-6-9-28/h3-4,11-12,24,26H,5-10H2,1-2H3,(H,25,30)(H,27,29)/b17-12-. The third-order valence-corrected chi connectivity index (χ3v) is 5.68. The van der Waals surface area contributed by atoms with Crippen molar-refractivity contribution in [1.82, 2.24) is 20.5 Å². The Morgan fingerprint density at radius 2 is 2.03 bits per heavy atom. The molecular weight excluding hydrogens is 385 g/mol. The lowest BCUT2D eigenvalue weighted by molar-refractivity contribution is -0.110. The minimum absolute atomic E-state index is 0.136. The van der Waals surface area contributed by atoms with Crippen LogP contribution in [0.25, 0.3) is 11.6 Å². The fraction of sp³-hybridized carbons (Fsp3) is 0.364. The van der Waals surface area contributed by atoms with Crippen LogP contribution in [-0.4, -0.2) is 61.0 Å². The third-order valence-electron chi connectivity index (χ3n) is 5.68. The van der Waals surface area contributed by atoms with Gasteiger partial charge in [-0.3, -0.25) is 14.5 Å². The number of aromatic amines is 1. The molecule has 0 radical (unpaired) electrons. The van der Waals surface area contributed by atoms with Gasteiger partial charge in [0.1, 0.15) is 5.82 Å². The molecule has 4 N–H and O–H groups in total. The number of hydrogen-bond acceptors (Lipinski definition) is 4. The summed E-state index contributed by atoms with van der Waals surface area (Å²) in [7, 11) is 0. The van der Waals surface area contributed by atoms with Crippen LogP contribution >= 0.6 is 0 Å². The van der Waals surface area contributed by atoms with E-state index in [1.807, 2.05) is 13.8 Å². The molecule has 158 valence electrons. The summed E-state index contributed by atoms with van der Waals surface area (Å²) in [5.41, 5.74) is 4.23. The van der Waals surface area contributed by atoms with E-state index < -0.39 is 5.82 Å². The van der Waals surface area contributed by atoms with Gasteiger partial charge in [-0.05, 0) is 43.7 Å². The number of rotatable bonds is 5. The normalized spacial score (nSPS) is 17.8. The van der Waals surface area contributed by atoms with E-state index in [1.165, 1.54) is 12.1 Å². The average molecular weight is 411 g/mol. The second kappa shape index (κ2) is 8.41. The number of benzene rings is 1. The zero-order chi connectivity index (χ0) is 21.3. The Labute approximate surface area is 174 Å². The summed E-state index contributed by atoms with van der Waals surface area (Å²) in [5.74, 6) is -0.826. The maximum absolute atomic E-state index is 13.7. The van der Waals surface area contributed by atoms with Crippen LogP contribution < -0.4 is 16.0 Å². The quantitative estimate of drug-likeness (QED) is 0.566. The molecule has 1 fully saturated rings. The topological polar surface area (TPSA) is 89.3 Å². The fourth-order valence-electron chi connectivity index (χ4n) is 4.06. The number of fused-ring (bicyclic) bond motifs is 1. The second-order valence-corrected chi connectivity index (χ2v) is 7.71. The SMILES string of the molecule is Cc1[nH]c(/C=C2\C(=O)Nc3ccc(F)cc32)c(C)c1C(=O)NCCN1CCNCC1. The largest absolute Gasteiger partial charge is 0.358 e. The molecule has 0 saturated carbocycles. The van der Waals surface area contributed by atoms with Crippen molar-refractivity contribution in [2.45, 2.75) is 13.8 Å². The van der Waals surface area contributed by atoms with E-state index in [9.17, 15) is 14.0 Å². The molecule has 4 rings (SSSR count). The molecule has 0 spiro atoms. The molecule has 0 unspecified atom stereocenters. The zero-order valence-corrected chi connectivity index (χ0v) is 17.2. The van der Waals surface area contributed by atoms with Gasteiger partial charge in [0, 0.05) is 61.9 Å². The van der Waals surface area contributed by atoms with Crippen molar-refractivity contribution in [3.63, 3.8) is 0 Å². The first-order valence-corrected chi connectivity index (χ1v) is 10.2. The van der Waals surface area contributed by atoms with Crippen LogP contribution in [0.4, 0.5) is 10.1 Å². The fourth-order valence-corrected chi connectivity index (χ4v) is 4.06. The van der Waals surface area contributed by atoms with Gasteiger partial charge in [0.25, 0.3) is 11.8 Å². The molecule has 2 aromatic rings. The van der Waals surface area contributed by atoms with Crippen molar-refractivity contribution in [1.29, 1.82) is 0 Å². The molecule has 0 bridgehead atoms. The van der Waals surface area contributed by atoms with Gasteiger partial charge >= 0.3 is 0 Å². The van der Waals surface area contributed by atoms with E-state index in [0.29, 0.717) is 34.6 Å². The van der Waals surface area contributed by atoms with Crippen LogP contribution in [0.2, 0.25) is 0 Å². The van der Waals surface area contributed by atoms with Crippen LogP contribution in [0.3, 0.4) is 0 Å². The molecule has 2 amide bonds. The highest BCUT2D eigenvalue weighted by Gasteiger charge is 2.26. The molecule has 1 aromatic carbocycles. The third kappa shape index (κ3) is 4.01. The Kier molecular flexibility index (Phi) is 5.69. The summed E-state index contributed by atoms with van der Waals surface area (Å²) < 4.78 is 13.7. The van der Waals surface area contributed by atoms with Gasteiger partial charge in [0.05, 0.1) is 11.1 Å². The van der Waals surface area contributed by atoms with Gasteiger partial charge in [-0.1, -0.05) is 0 Å². The molecule has 3 heterocycles. The number of H-pyrrole nitrogens is 1. The van der Waals surface area contributed by atoms with Crippen LogP contribution in [0.1, 0.15) is 32.9 Å². The Bertz CT molecular complexity index is 1020. The zero-order valence-electron chi connectivity index (χ0n) is 17.2. The van der Waals surface area contributed by atoms with Crippen LogP contribution in [0.5, 0.6) is 0 Å². The number of amides is 2. The maximum Gasteiger partial charge on any atom is 0.256 e. The first kappa shape index (κ1) is 20.3. The molecule has 30 heavy (non-hydrogen) atoms. The van der Waals surface area contributed by atoms with Crippen LogP contribution in [0, 0.1) is 19.7 Å². The molecule has 2 aliphatic heterocycles. The number of aryl methyl sites for hydroxylation is 1. The summed E-state index contributed by atoms with van der Waals surface area (Å²) in [5, 5.41) is 9.05. The van der Waals surface area contributed by atoms with Crippen molar-refractivity contribution in [2.75, 3.05) is 44.6 Å². The van der Waals surface area contributed by atoms with E-state index in [4.69, 9.17) is 0 Å². The average Bonchev–Trinajstić information content (AvgIpc) is 3.18. The number of carbonyl (C=O) groups excluding carboxylic acids is 2. The molecule has 8 heteroatoms. The van der Waals surface area contributed by atoms with Gasteiger partial charge in [-0.15, -0.1) is 0 Å². The van der Waals surface area contributed by atoms with Crippen molar-refractivity contribution < 1.29 is 14.0 Å². The number of halogens is 1. The van der Waals surface area contributed by atoms with Crippen LogP contribution in [0.15, 0.2) is 18.2 Å². The summed E-state index contributed by atoms with van der Waals surface area (Å²) in [6.45, 7) is 9.00. The van der Waals surface area contributed by atoms with E-state index in [1.54, 1.807) is 12.1 Å². The first-order valence-electron chi connectivity index (χ1n) is 10.2. The summed E-state index contributed by atoms with van der Waals surface area (Å²) in [6, 6.07) is 4.20. The second-order valence-electron chi connectivity index (χ2n) is 7.71. The Hall–Kier alpha value is -2.97. The van der Waals surface area contributed by atoms with Gasteiger partial charge < -0.3 is 20.9 Å². The Balaban J connectivity index is 1.51. The van der Waals surface area contributed by atoms with Gasteiger partial charge in [0.2, 0.25) is 0 Å². The minimum Gasteiger partial charge on any atom is -0.358 e. The lowest BCUT2D eigenvalue weighted by Gasteiger charge is -2.27. The number of nitrogens with zero attached hydrogens (tertiary/aromatic N) is 1. The molecular formula is C22H26FN5O2. The van der Waals surface area contributed by atoms with Crippen LogP contribution in [-0.2, 0) is 4.79 Å². The first-order chi connectivity index (χ1) is 14.4. The van der Waals surface area contributed by atoms with E-state index in [0.717, 1.165) is 44.0 Å². The lowest BCUT2D eigenvalue weighted by atomic mass is 10.0. The molecule has 1 aromatic heterocycles. The van der Waals surface area contributed by atoms with E-state index in [2.05, 4.69) is 25.8 Å². The van der Waals surface area contributed by atoms with Gasteiger partial charge in [0.15, 0.2) is 0 Å². The van der Waals surface area contributed by atoms with Gasteiger partial charge in [-0.2, -0.15) is 0 Å². The summed E-state index contributed by atoms with van der Waals surface area (Å²) in [6.07, 6.45) is 1.68. The van der Waals surface area contributed by atoms with Crippen molar-refractivity contribution >= 4 is 29.2 Å². The summed E-state index contributed by atoms with van der Waals surface area (Å²) >= 11 is 0. The molecule has 7 nitrogen and oxygen atoms in total. The number of hydrogen-bond donors (Lipinski definition) is 4. The van der Waals surface area contributed by atoms with Crippen molar-refractivity contribution in [2.24, 2.45) is 0 Å². The lowest BCUT2D eigenvalue weighted by Crippen LogP contribution is -2.46.